The van der Waals surface area contributed by atoms with Gasteiger partial charge in [0.15, 0.2) is 0 Å². The summed E-state index contributed by atoms with van der Waals surface area (Å²) in [4.78, 5) is 25.8. The summed E-state index contributed by atoms with van der Waals surface area (Å²) in [7, 11) is 0. The summed E-state index contributed by atoms with van der Waals surface area (Å²) >= 11 is 0. The predicted octanol–water partition coefficient (Wildman–Crippen LogP) is 0.914. The van der Waals surface area contributed by atoms with E-state index in [4.69, 9.17) is 11.5 Å². The molecule has 114 valence electrons. The van der Waals surface area contributed by atoms with Crippen LogP contribution in [0.2, 0.25) is 0 Å². The second kappa shape index (κ2) is 6.72. The summed E-state index contributed by atoms with van der Waals surface area (Å²) in [6.45, 7) is 2.98. The van der Waals surface area contributed by atoms with Gasteiger partial charge in [0.05, 0.1) is 5.92 Å². The van der Waals surface area contributed by atoms with Gasteiger partial charge in [-0.3, -0.25) is 9.59 Å². The molecule has 4 N–H and O–H groups in total. The fourth-order valence-electron chi connectivity index (χ4n) is 2.81. The van der Waals surface area contributed by atoms with Crippen LogP contribution in [0.4, 0.5) is 0 Å². The van der Waals surface area contributed by atoms with Gasteiger partial charge in [0.25, 0.3) is 5.91 Å². The molecule has 0 aromatic heterocycles. The Kier molecular flexibility index (Phi) is 4.96. The highest BCUT2D eigenvalue weighted by Gasteiger charge is 2.32. The Hall–Kier alpha value is -1.88. The smallest absolute Gasteiger partial charge is 0.254 e. The number of hydrogen-bond donors (Lipinski definition) is 2. The number of primary amides is 1. The van der Waals surface area contributed by atoms with E-state index >= 15 is 0 Å². The van der Waals surface area contributed by atoms with Crippen molar-refractivity contribution in [2.45, 2.75) is 32.2 Å². The van der Waals surface area contributed by atoms with Gasteiger partial charge >= 0.3 is 0 Å². The lowest BCUT2D eigenvalue weighted by atomic mass is 9.92. The van der Waals surface area contributed by atoms with Gasteiger partial charge < -0.3 is 16.4 Å². The molecule has 0 bridgehead atoms. The molecule has 2 rings (SSSR count). The molecule has 21 heavy (non-hydrogen) atoms. The van der Waals surface area contributed by atoms with E-state index in [2.05, 4.69) is 0 Å². The zero-order chi connectivity index (χ0) is 15.4. The average molecular weight is 289 g/mol. The molecule has 2 unspecified atom stereocenters. The lowest BCUT2D eigenvalue weighted by molar-refractivity contribution is -0.123. The van der Waals surface area contributed by atoms with E-state index in [1.807, 2.05) is 31.2 Å². The summed E-state index contributed by atoms with van der Waals surface area (Å²) in [6.07, 6.45) is 2.32. The number of nitrogens with zero attached hydrogens (tertiary/aromatic N) is 1. The Labute approximate surface area is 125 Å². The van der Waals surface area contributed by atoms with Crippen LogP contribution in [0.1, 0.15) is 35.7 Å². The number of nitrogens with two attached hydrogens (primary N) is 2. The third kappa shape index (κ3) is 3.61. The first-order valence-corrected chi connectivity index (χ1v) is 7.42. The van der Waals surface area contributed by atoms with E-state index in [0.29, 0.717) is 18.7 Å². The number of carbonyl (C=O) groups excluding carboxylic acids is 2. The highest BCUT2D eigenvalue weighted by atomic mass is 16.2. The average Bonchev–Trinajstić information content (AvgIpc) is 2.47. The van der Waals surface area contributed by atoms with E-state index < -0.39 is 0 Å². The molecule has 1 aliphatic rings. The summed E-state index contributed by atoms with van der Waals surface area (Å²) in [5.74, 6) is -0.596. The van der Waals surface area contributed by atoms with Crippen LogP contribution in [0.3, 0.4) is 0 Å². The van der Waals surface area contributed by atoms with Crippen LogP contribution in [0.15, 0.2) is 24.3 Å². The zero-order valence-electron chi connectivity index (χ0n) is 12.4. The maximum Gasteiger partial charge on any atom is 0.254 e. The first kappa shape index (κ1) is 15.5. The monoisotopic (exact) mass is 289 g/mol. The SMILES string of the molecule is CC1CCC(C(N)=O)CN1C(=O)c1cccc(CCN)c1. The van der Waals surface area contributed by atoms with Crippen molar-refractivity contribution < 1.29 is 9.59 Å². The number of amides is 2. The molecule has 1 aromatic rings. The van der Waals surface area contributed by atoms with Crippen LogP contribution in [0.5, 0.6) is 0 Å². The van der Waals surface area contributed by atoms with Crippen LogP contribution in [-0.2, 0) is 11.2 Å². The summed E-state index contributed by atoms with van der Waals surface area (Å²) in [5.41, 5.74) is 12.6. The van der Waals surface area contributed by atoms with E-state index in [-0.39, 0.29) is 23.8 Å². The second-order valence-corrected chi connectivity index (χ2v) is 5.72. The summed E-state index contributed by atoms with van der Waals surface area (Å²) in [5, 5.41) is 0. The number of benzene rings is 1. The zero-order valence-corrected chi connectivity index (χ0v) is 12.4. The Balaban J connectivity index is 2.17. The van der Waals surface area contributed by atoms with Gasteiger partial charge in [0.1, 0.15) is 0 Å². The molecule has 2 amide bonds. The van der Waals surface area contributed by atoms with Crippen LogP contribution < -0.4 is 11.5 Å². The fraction of sp³-hybridized carbons (Fsp3) is 0.500. The van der Waals surface area contributed by atoms with Gasteiger partial charge in [-0.1, -0.05) is 12.1 Å². The van der Waals surface area contributed by atoms with Gasteiger partial charge in [-0.25, -0.2) is 0 Å². The standard InChI is InChI=1S/C16H23N3O2/c1-11-5-6-14(15(18)20)10-19(11)16(21)13-4-2-3-12(9-13)7-8-17/h2-4,9,11,14H,5-8,10,17H2,1H3,(H2,18,20). The van der Waals surface area contributed by atoms with Crippen molar-refractivity contribution >= 4 is 11.8 Å². The largest absolute Gasteiger partial charge is 0.369 e. The minimum Gasteiger partial charge on any atom is -0.369 e. The van der Waals surface area contributed by atoms with Gasteiger partial charge in [-0.2, -0.15) is 0 Å². The van der Waals surface area contributed by atoms with Crippen molar-refractivity contribution in [1.29, 1.82) is 0 Å². The second-order valence-electron chi connectivity index (χ2n) is 5.72. The molecule has 0 aliphatic carbocycles. The van der Waals surface area contributed by atoms with Crippen molar-refractivity contribution in [3.8, 4) is 0 Å². The molecule has 5 nitrogen and oxygen atoms in total. The van der Waals surface area contributed by atoms with Crippen molar-refractivity contribution in [3.05, 3.63) is 35.4 Å². The lowest BCUT2D eigenvalue weighted by Crippen LogP contribution is -2.48. The molecule has 0 saturated carbocycles. The van der Waals surface area contributed by atoms with Gasteiger partial charge in [0, 0.05) is 18.2 Å². The number of hydrogen-bond acceptors (Lipinski definition) is 3. The third-order valence-electron chi connectivity index (χ3n) is 4.15. The fourth-order valence-corrected chi connectivity index (χ4v) is 2.81. The topological polar surface area (TPSA) is 89.4 Å². The van der Waals surface area contributed by atoms with E-state index in [1.165, 1.54) is 0 Å². The minimum atomic E-state index is -0.323. The van der Waals surface area contributed by atoms with E-state index in [9.17, 15) is 9.59 Å². The van der Waals surface area contributed by atoms with Gasteiger partial charge in [-0.05, 0) is 50.4 Å². The van der Waals surface area contributed by atoms with Crippen LogP contribution >= 0.6 is 0 Å². The highest BCUT2D eigenvalue weighted by molar-refractivity contribution is 5.95. The number of carbonyl (C=O) groups is 2. The van der Waals surface area contributed by atoms with Crippen molar-refractivity contribution in [3.63, 3.8) is 0 Å². The summed E-state index contributed by atoms with van der Waals surface area (Å²) in [6, 6.07) is 7.67. The maximum atomic E-state index is 12.7. The molecule has 1 fully saturated rings. The quantitative estimate of drug-likeness (QED) is 0.863. The van der Waals surface area contributed by atoms with Crippen molar-refractivity contribution in [1.82, 2.24) is 4.90 Å². The molecule has 1 saturated heterocycles. The van der Waals surface area contributed by atoms with Crippen molar-refractivity contribution in [2.24, 2.45) is 17.4 Å². The Bertz CT molecular complexity index is 530. The number of rotatable bonds is 4. The van der Waals surface area contributed by atoms with Gasteiger partial charge in [-0.15, -0.1) is 0 Å². The molecular weight excluding hydrogens is 266 g/mol. The molecule has 1 aromatic carbocycles. The first-order chi connectivity index (χ1) is 10.0. The van der Waals surface area contributed by atoms with Crippen LogP contribution in [-0.4, -0.2) is 35.8 Å². The number of likely N-dealkylation sites (tertiary alicyclic amines) is 1. The molecular formula is C16H23N3O2. The molecule has 0 spiro atoms. The molecule has 1 aliphatic heterocycles. The first-order valence-electron chi connectivity index (χ1n) is 7.42. The van der Waals surface area contributed by atoms with E-state index in [1.54, 1.807) is 4.90 Å². The van der Waals surface area contributed by atoms with E-state index in [0.717, 1.165) is 24.8 Å². The van der Waals surface area contributed by atoms with Gasteiger partial charge in [0.2, 0.25) is 5.91 Å². The molecule has 2 atom stereocenters. The molecule has 0 radical (unpaired) electrons. The van der Waals surface area contributed by atoms with Crippen molar-refractivity contribution in [2.75, 3.05) is 13.1 Å². The predicted molar refractivity (Wildman–Crippen MR) is 81.6 cm³/mol. The molecule has 5 heteroatoms. The van der Waals surface area contributed by atoms with Crippen LogP contribution in [0.25, 0.3) is 0 Å². The Morgan fingerprint density at radius 2 is 2.10 bits per heavy atom. The molecule has 1 heterocycles. The Morgan fingerprint density at radius 3 is 2.76 bits per heavy atom. The lowest BCUT2D eigenvalue weighted by Gasteiger charge is -2.37. The highest BCUT2D eigenvalue weighted by Crippen LogP contribution is 2.23. The normalized spacial score (nSPS) is 22.1. The summed E-state index contributed by atoms with van der Waals surface area (Å²) < 4.78 is 0. The number of piperidine rings is 1. The maximum absolute atomic E-state index is 12.7. The third-order valence-corrected chi connectivity index (χ3v) is 4.15. The Morgan fingerprint density at radius 1 is 1.33 bits per heavy atom. The van der Waals surface area contributed by atoms with Crippen LogP contribution in [0, 0.1) is 5.92 Å². The minimum absolute atomic E-state index is 0.0349.